The number of carbonyl (C=O) groups is 2. The van der Waals surface area contributed by atoms with Crippen molar-refractivity contribution in [1.29, 1.82) is 0 Å². The number of nitrogens with one attached hydrogen (secondary N) is 1. The molecule has 2 N–H and O–H groups in total. The lowest BCUT2D eigenvalue weighted by Crippen LogP contribution is -2.50. The summed E-state index contributed by atoms with van der Waals surface area (Å²) in [5.41, 5.74) is 1.07. The highest BCUT2D eigenvalue weighted by Gasteiger charge is 2.32. The van der Waals surface area contributed by atoms with Crippen molar-refractivity contribution in [3.05, 3.63) is 47.5 Å². The van der Waals surface area contributed by atoms with Crippen LogP contribution in [-0.2, 0) is 17.8 Å². The van der Waals surface area contributed by atoms with Crippen molar-refractivity contribution in [1.82, 2.24) is 25.0 Å². The van der Waals surface area contributed by atoms with Gasteiger partial charge in [-0.2, -0.15) is 0 Å². The molecule has 0 aliphatic carbocycles. The Hall–Kier alpha value is -2.90. The Bertz CT molecular complexity index is 849. The molecule has 8 heteroatoms. The summed E-state index contributed by atoms with van der Waals surface area (Å²) in [6, 6.07) is 9.16. The van der Waals surface area contributed by atoms with E-state index < -0.39 is 5.97 Å². The van der Waals surface area contributed by atoms with E-state index in [0.717, 1.165) is 17.2 Å². The number of hydrogen-bond acceptors (Lipinski definition) is 4. The zero-order valence-electron chi connectivity index (χ0n) is 17.2. The van der Waals surface area contributed by atoms with Crippen LogP contribution in [0.4, 0.5) is 4.79 Å². The van der Waals surface area contributed by atoms with Gasteiger partial charge in [-0.1, -0.05) is 44.2 Å². The van der Waals surface area contributed by atoms with Crippen LogP contribution in [0.2, 0.25) is 0 Å². The fraction of sp³-hybridized carbons (Fsp3) is 0.524. The van der Waals surface area contributed by atoms with Crippen molar-refractivity contribution < 1.29 is 14.7 Å². The second-order valence-electron chi connectivity index (χ2n) is 7.86. The molecule has 0 radical (unpaired) electrons. The predicted octanol–water partition coefficient (Wildman–Crippen LogP) is 2.96. The van der Waals surface area contributed by atoms with Gasteiger partial charge < -0.3 is 19.9 Å². The van der Waals surface area contributed by atoms with Gasteiger partial charge in [-0.05, 0) is 25.3 Å². The first-order valence-electron chi connectivity index (χ1n) is 10.1. The smallest absolute Gasteiger partial charge is 0.318 e. The van der Waals surface area contributed by atoms with Gasteiger partial charge in [0.1, 0.15) is 5.82 Å². The molecule has 2 atom stereocenters. The van der Waals surface area contributed by atoms with Crippen LogP contribution in [0.5, 0.6) is 0 Å². The molecule has 1 aliphatic heterocycles. The minimum absolute atomic E-state index is 0.0133. The Kier molecular flexibility index (Phi) is 6.51. The first kappa shape index (κ1) is 20.8. The van der Waals surface area contributed by atoms with Crippen LogP contribution >= 0.6 is 0 Å². The van der Waals surface area contributed by atoms with Crippen molar-refractivity contribution in [3.63, 3.8) is 0 Å². The number of aliphatic carboxylic acids is 1. The van der Waals surface area contributed by atoms with E-state index in [4.69, 9.17) is 5.11 Å². The summed E-state index contributed by atoms with van der Waals surface area (Å²) in [5, 5.41) is 20.7. The van der Waals surface area contributed by atoms with Crippen LogP contribution in [0.3, 0.4) is 0 Å². The van der Waals surface area contributed by atoms with E-state index in [-0.39, 0.29) is 30.5 Å². The van der Waals surface area contributed by atoms with E-state index in [2.05, 4.69) is 33.9 Å². The number of urea groups is 1. The molecule has 0 saturated heterocycles. The Morgan fingerprint density at radius 3 is 2.59 bits per heavy atom. The van der Waals surface area contributed by atoms with Gasteiger partial charge in [0.2, 0.25) is 0 Å². The highest BCUT2D eigenvalue weighted by Crippen LogP contribution is 2.26. The molecule has 0 spiro atoms. The molecule has 0 fully saturated rings. The van der Waals surface area contributed by atoms with Crippen molar-refractivity contribution in [3.8, 4) is 0 Å². The molecular weight excluding hydrogens is 370 g/mol. The summed E-state index contributed by atoms with van der Waals surface area (Å²) in [5.74, 6) is 1.14. The summed E-state index contributed by atoms with van der Waals surface area (Å²) in [4.78, 5) is 25.8. The quantitative estimate of drug-likeness (QED) is 0.745. The third-order valence-electron chi connectivity index (χ3n) is 5.35. The summed E-state index contributed by atoms with van der Waals surface area (Å²) >= 11 is 0. The molecule has 0 saturated carbocycles. The second-order valence-corrected chi connectivity index (χ2v) is 7.86. The van der Waals surface area contributed by atoms with Gasteiger partial charge in [0.15, 0.2) is 5.82 Å². The topological polar surface area (TPSA) is 100 Å². The number of carboxylic acid groups (broad SMARTS) is 1. The van der Waals surface area contributed by atoms with Crippen LogP contribution in [-0.4, -0.2) is 49.4 Å². The molecule has 2 aromatic rings. The highest BCUT2D eigenvalue weighted by molar-refractivity contribution is 5.75. The number of fused-ring (bicyclic) bond motifs is 1. The lowest BCUT2D eigenvalue weighted by molar-refractivity contribution is -0.137. The monoisotopic (exact) mass is 399 g/mol. The molecule has 8 nitrogen and oxygen atoms in total. The standard InChI is InChI=1S/C21H29N5O3/c1-14(2)19-23-24-20-15(3)25(11-12-26(19)20)21(29)22-17(9-10-18(27)28)13-16-7-5-4-6-8-16/h4-8,14-15,17H,9-13H2,1-3H3,(H,22,29)(H,27,28). The molecule has 2 heterocycles. The molecule has 2 unspecified atom stereocenters. The number of aromatic nitrogens is 3. The second kappa shape index (κ2) is 9.07. The van der Waals surface area contributed by atoms with E-state index >= 15 is 0 Å². The summed E-state index contributed by atoms with van der Waals surface area (Å²) < 4.78 is 2.10. The van der Waals surface area contributed by atoms with Gasteiger partial charge >= 0.3 is 12.0 Å². The highest BCUT2D eigenvalue weighted by atomic mass is 16.4. The SMILES string of the molecule is CC(C)c1nnc2n1CCN(C(=O)NC(CCC(=O)O)Cc1ccccc1)C2C. The number of carbonyl (C=O) groups excluding carboxylic acids is 1. The number of nitrogens with zero attached hydrogens (tertiary/aromatic N) is 4. The van der Waals surface area contributed by atoms with Crippen molar-refractivity contribution in [2.24, 2.45) is 0 Å². The van der Waals surface area contributed by atoms with E-state index in [1.807, 2.05) is 37.3 Å². The Balaban J connectivity index is 1.70. The summed E-state index contributed by atoms with van der Waals surface area (Å²) in [6.07, 6.45) is 0.987. The Morgan fingerprint density at radius 1 is 1.21 bits per heavy atom. The maximum atomic E-state index is 13.0. The largest absolute Gasteiger partial charge is 0.481 e. The van der Waals surface area contributed by atoms with E-state index in [9.17, 15) is 9.59 Å². The number of carboxylic acids is 1. The van der Waals surface area contributed by atoms with Gasteiger partial charge in [-0.25, -0.2) is 4.79 Å². The molecule has 29 heavy (non-hydrogen) atoms. The zero-order valence-corrected chi connectivity index (χ0v) is 17.2. The zero-order chi connectivity index (χ0) is 21.0. The van der Waals surface area contributed by atoms with Crippen molar-refractivity contribution in [2.75, 3.05) is 6.54 Å². The normalized spacial score (nSPS) is 17.1. The van der Waals surface area contributed by atoms with Gasteiger partial charge in [0.05, 0.1) is 6.04 Å². The van der Waals surface area contributed by atoms with Gasteiger partial charge in [0, 0.05) is 31.5 Å². The van der Waals surface area contributed by atoms with E-state index in [1.165, 1.54) is 0 Å². The van der Waals surface area contributed by atoms with Crippen LogP contribution < -0.4 is 5.32 Å². The molecular formula is C21H29N5O3. The van der Waals surface area contributed by atoms with E-state index in [1.54, 1.807) is 4.90 Å². The lowest BCUT2D eigenvalue weighted by Gasteiger charge is -2.35. The molecule has 1 aliphatic rings. The summed E-state index contributed by atoms with van der Waals surface area (Å²) in [6.45, 7) is 7.34. The molecule has 156 valence electrons. The van der Waals surface area contributed by atoms with Crippen LogP contribution in [0.25, 0.3) is 0 Å². The molecule has 0 bridgehead atoms. The van der Waals surface area contributed by atoms with Gasteiger partial charge in [-0.3, -0.25) is 4.79 Å². The Labute approximate surface area is 170 Å². The van der Waals surface area contributed by atoms with E-state index in [0.29, 0.717) is 25.9 Å². The lowest BCUT2D eigenvalue weighted by atomic mass is 10.0. The minimum Gasteiger partial charge on any atom is -0.481 e. The maximum Gasteiger partial charge on any atom is 0.318 e. The molecule has 1 aromatic carbocycles. The molecule has 3 rings (SSSR count). The number of benzene rings is 1. The first-order valence-corrected chi connectivity index (χ1v) is 10.1. The third-order valence-corrected chi connectivity index (χ3v) is 5.35. The van der Waals surface area contributed by atoms with Crippen molar-refractivity contribution in [2.45, 2.75) is 64.6 Å². The maximum absolute atomic E-state index is 13.0. The third kappa shape index (κ3) is 4.93. The van der Waals surface area contributed by atoms with Gasteiger partial charge in [-0.15, -0.1) is 10.2 Å². The first-order chi connectivity index (χ1) is 13.9. The summed E-state index contributed by atoms with van der Waals surface area (Å²) in [7, 11) is 0. The van der Waals surface area contributed by atoms with Crippen LogP contribution in [0.1, 0.15) is 62.8 Å². The van der Waals surface area contributed by atoms with Crippen molar-refractivity contribution >= 4 is 12.0 Å². The fourth-order valence-corrected chi connectivity index (χ4v) is 3.79. The number of amides is 2. The average molecular weight is 399 g/mol. The predicted molar refractivity (Wildman–Crippen MR) is 109 cm³/mol. The number of hydrogen-bond donors (Lipinski definition) is 2. The average Bonchev–Trinajstić information content (AvgIpc) is 3.12. The van der Waals surface area contributed by atoms with Crippen LogP contribution in [0.15, 0.2) is 30.3 Å². The molecule has 2 amide bonds. The Morgan fingerprint density at radius 2 is 1.93 bits per heavy atom. The molecule has 1 aromatic heterocycles. The van der Waals surface area contributed by atoms with Crippen LogP contribution in [0, 0.1) is 0 Å². The number of rotatable bonds is 7. The fourth-order valence-electron chi connectivity index (χ4n) is 3.79. The van der Waals surface area contributed by atoms with Gasteiger partial charge in [0.25, 0.3) is 0 Å². The minimum atomic E-state index is -0.863.